The summed E-state index contributed by atoms with van der Waals surface area (Å²) >= 11 is 5.96. The molecule has 23 heavy (non-hydrogen) atoms. The molecular weight excluding hydrogens is 316 g/mol. The maximum Gasteiger partial charge on any atom is 0.289 e. The fraction of sp³-hybridized carbons (Fsp3) is 0.471. The van der Waals surface area contributed by atoms with Crippen molar-refractivity contribution in [3.63, 3.8) is 0 Å². The zero-order chi connectivity index (χ0) is 16.6. The summed E-state index contributed by atoms with van der Waals surface area (Å²) in [5, 5.41) is 11.3. The van der Waals surface area contributed by atoms with Gasteiger partial charge in [0.1, 0.15) is 5.58 Å². The molecule has 1 aromatic heterocycles. The second-order valence-electron chi connectivity index (χ2n) is 6.67. The molecule has 1 saturated heterocycles. The molecule has 2 heterocycles. The van der Waals surface area contributed by atoms with Crippen molar-refractivity contribution in [1.82, 2.24) is 9.80 Å². The van der Waals surface area contributed by atoms with Gasteiger partial charge in [-0.05, 0) is 38.1 Å². The van der Waals surface area contributed by atoms with Crippen LogP contribution in [0.3, 0.4) is 0 Å². The molecule has 2 aromatic rings. The number of amides is 1. The van der Waals surface area contributed by atoms with Gasteiger partial charge in [-0.15, -0.1) is 0 Å². The van der Waals surface area contributed by atoms with Crippen molar-refractivity contribution >= 4 is 28.5 Å². The van der Waals surface area contributed by atoms with Gasteiger partial charge in [-0.2, -0.15) is 0 Å². The average Bonchev–Trinajstić information content (AvgIpc) is 2.88. The number of hydrogen-bond acceptors (Lipinski definition) is 4. The highest BCUT2D eigenvalue weighted by atomic mass is 35.5. The lowest BCUT2D eigenvalue weighted by Crippen LogP contribution is -2.51. The number of rotatable bonds is 3. The van der Waals surface area contributed by atoms with E-state index in [4.69, 9.17) is 16.0 Å². The number of nitrogens with zero attached hydrogens (tertiary/aromatic N) is 2. The SMILES string of the molecule is CC(C)(O)CN1CCN(C(=O)c2cc3cc(Cl)ccc3o2)CC1. The highest BCUT2D eigenvalue weighted by Gasteiger charge is 2.27. The van der Waals surface area contributed by atoms with Gasteiger partial charge in [0.2, 0.25) is 0 Å². The third-order valence-electron chi connectivity index (χ3n) is 3.96. The van der Waals surface area contributed by atoms with Gasteiger partial charge in [0.15, 0.2) is 5.76 Å². The van der Waals surface area contributed by atoms with Crippen molar-refractivity contribution in [2.75, 3.05) is 32.7 Å². The monoisotopic (exact) mass is 336 g/mol. The summed E-state index contributed by atoms with van der Waals surface area (Å²) in [7, 11) is 0. The van der Waals surface area contributed by atoms with Gasteiger partial charge >= 0.3 is 0 Å². The summed E-state index contributed by atoms with van der Waals surface area (Å²) in [6, 6.07) is 7.05. The Morgan fingerprint density at radius 3 is 2.61 bits per heavy atom. The zero-order valence-electron chi connectivity index (χ0n) is 13.4. The molecule has 0 saturated carbocycles. The highest BCUT2D eigenvalue weighted by Crippen LogP contribution is 2.24. The fourth-order valence-corrected chi connectivity index (χ4v) is 3.11. The van der Waals surface area contributed by atoms with Crippen LogP contribution >= 0.6 is 11.6 Å². The van der Waals surface area contributed by atoms with Crippen LogP contribution in [0.2, 0.25) is 5.02 Å². The largest absolute Gasteiger partial charge is 0.451 e. The van der Waals surface area contributed by atoms with Crippen LogP contribution in [0.4, 0.5) is 0 Å². The summed E-state index contributed by atoms with van der Waals surface area (Å²) in [5.41, 5.74) is -0.0529. The van der Waals surface area contributed by atoms with Gasteiger partial charge in [-0.3, -0.25) is 9.69 Å². The number of piperazine rings is 1. The fourth-order valence-electron chi connectivity index (χ4n) is 2.93. The second-order valence-corrected chi connectivity index (χ2v) is 7.11. The highest BCUT2D eigenvalue weighted by molar-refractivity contribution is 6.31. The molecule has 5 nitrogen and oxygen atoms in total. The van der Waals surface area contributed by atoms with E-state index in [9.17, 15) is 9.90 Å². The quantitative estimate of drug-likeness (QED) is 0.936. The third kappa shape index (κ3) is 3.86. The molecule has 1 aliphatic rings. The maximum atomic E-state index is 12.6. The van der Waals surface area contributed by atoms with Crippen LogP contribution < -0.4 is 0 Å². The van der Waals surface area contributed by atoms with Gasteiger partial charge in [0, 0.05) is 43.1 Å². The van der Waals surface area contributed by atoms with Crippen molar-refractivity contribution in [2.45, 2.75) is 19.4 Å². The van der Waals surface area contributed by atoms with Crippen molar-refractivity contribution < 1.29 is 14.3 Å². The molecule has 0 aliphatic carbocycles. The van der Waals surface area contributed by atoms with Crippen LogP contribution in [0.5, 0.6) is 0 Å². The van der Waals surface area contributed by atoms with Gasteiger partial charge in [-0.25, -0.2) is 0 Å². The lowest BCUT2D eigenvalue weighted by Gasteiger charge is -2.36. The molecule has 1 aliphatic heterocycles. The van der Waals surface area contributed by atoms with E-state index >= 15 is 0 Å². The molecule has 0 spiro atoms. The Hall–Kier alpha value is -1.56. The first-order valence-electron chi connectivity index (χ1n) is 7.75. The molecule has 1 aromatic carbocycles. The molecule has 3 rings (SSSR count). The smallest absolute Gasteiger partial charge is 0.289 e. The molecule has 1 N–H and O–H groups in total. The molecule has 124 valence electrons. The Labute approximate surface area is 140 Å². The van der Waals surface area contributed by atoms with Crippen LogP contribution in [0.15, 0.2) is 28.7 Å². The first kappa shape index (κ1) is 16.3. The number of β-amino-alcohol motifs (C(OH)–C–C–N with tert-alkyl or cyclic N) is 1. The minimum atomic E-state index is -0.718. The Morgan fingerprint density at radius 1 is 1.26 bits per heavy atom. The van der Waals surface area contributed by atoms with Gasteiger partial charge in [0.05, 0.1) is 5.60 Å². The van der Waals surface area contributed by atoms with E-state index in [2.05, 4.69) is 4.90 Å². The van der Waals surface area contributed by atoms with Gasteiger partial charge in [0.25, 0.3) is 5.91 Å². The number of fused-ring (bicyclic) bond motifs is 1. The number of hydrogen-bond donors (Lipinski definition) is 1. The standard InChI is InChI=1S/C17H21ClN2O3/c1-17(2,22)11-19-5-7-20(8-6-19)16(21)15-10-12-9-13(18)3-4-14(12)23-15/h3-4,9-10,22H,5-8,11H2,1-2H3. The number of aliphatic hydroxyl groups is 1. The topological polar surface area (TPSA) is 56.9 Å². The lowest BCUT2D eigenvalue weighted by molar-refractivity contribution is 0.0172. The number of carbonyl (C=O) groups is 1. The van der Waals surface area contributed by atoms with E-state index in [1.165, 1.54) is 0 Å². The van der Waals surface area contributed by atoms with E-state index in [0.717, 1.165) is 18.5 Å². The predicted octanol–water partition coefficient (Wildman–Crippen LogP) is 2.61. The van der Waals surface area contributed by atoms with Crippen molar-refractivity contribution in [3.05, 3.63) is 35.0 Å². The van der Waals surface area contributed by atoms with E-state index in [1.807, 2.05) is 0 Å². The Kier molecular flexibility index (Phi) is 4.36. The van der Waals surface area contributed by atoms with Crippen LogP contribution in [0.25, 0.3) is 11.0 Å². The average molecular weight is 337 g/mol. The summed E-state index contributed by atoms with van der Waals surface area (Å²) in [6.07, 6.45) is 0. The number of benzene rings is 1. The van der Waals surface area contributed by atoms with E-state index in [0.29, 0.717) is 36.0 Å². The Bertz CT molecular complexity index is 712. The maximum absolute atomic E-state index is 12.6. The van der Waals surface area contributed by atoms with Crippen molar-refractivity contribution in [1.29, 1.82) is 0 Å². The van der Waals surface area contributed by atoms with Crippen LogP contribution in [0.1, 0.15) is 24.4 Å². The minimum Gasteiger partial charge on any atom is -0.451 e. The third-order valence-corrected chi connectivity index (χ3v) is 4.19. The van der Waals surface area contributed by atoms with E-state index in [1.54, 1.807) is 43.0 Å². The minimum absolute atomic E-state index is 0.0970. The first-order valence-corrected chi connectivity index (χ1v) is 8.13. The number of carbonyl (C=O) groups excluding carboxylic acids is 1. The predicted molar refractivity (Wildman–Crippen MR) is 89.9 cm³/mol. The Balaban J connectivity index is 1.66. The van der Waals surface area contributed by atoms with Crippen LogP contribution in [-0.4, -0.2) is 59.1 Å². The van der Waals surface area contributed by atoms with E-state index in [-0.39, 0.29) is 5.91 Å². The van der Waals surface area contributed by atoms with Gasteiger partial charge < -0.3 is 14.4 Å². The first-order chi connectivity index (χ1) is 10.8. The molecule has 6 heteroatoms. The second kappa shape index (κ2) is 6.15. The zero-order valence-corrected chi connectivity index (χ0v) is 14.1. The molecule has 0 bridgehead atoms. The Morgan fingerprint density at radius 2 is 1.96 bits per heavy atom. The lowest BCUT2D eigenvalue weighted by atomic mass is 10.1. The summed E-state index contributed by atoms with van der Waals surface area (Å²) in [6.45, 7) is 6.97. The van der Waals surface area contributed by atoms with Crippen molar-refractivity contribution in [3.8, 4) is 0 Å². The van der Waals surface area contributed by atoms with Crippen LogP contribution in [0, 0.1) is 0 Å². The van der Waals surface area contributed by atoms with Gasteiger partial charge in [-0.1, -0.05) is 11.6 Å². The molecule has 0 atom stereocenters. The summed E-state index contributed by atoms with van der Waals surface area (Å²) in [4.78, 5) is 16.5. The molecule has 0 unspecified atom stereocenters. The van der Waals surface area contributed by atoms with Crippen molar-refractivity contribution in [2.24, 2.45) is 0 Å². The number of furan rings is 1. The van der Waals surface area contributed by atoms with E-state index < -0.39 is 5.60 Å². The number of halogens is 1. The molecule has 0 radical (unpaired) electrons. The summed E-state index contributed by atoms with van der Waals surface area (Å²) < 4.78 is 5.64. The molecule has 1 fully saturated rings. The molecular formula is C17H21ClN2O3. The van der Waals surface area contributed by atoms with Crippen LogP contribution in [-0.2, 0) is 0 Å². The normalized spacial score (nSPS) is 17.0. The summed E-state index contributed by atoms with van der Waals surface area (Å²) in [5.74, 6) is 0.249. The molecule has 1 amide bonds.